The number of nitrogen functional groups attached to an aromatic ring is 1. The fourth-order valence-corrected chi connectivity index (χ4v) is 1.81. The third-order valence-electron chi connectivity index (χ3n) is 2.96. The van der Waals surface area contributed by atoms with Crippen LogP contribution in [0.4, 0.5) is 11.4 Å². The van der Waals surface area contributed by atoms with Gasteiger partial charge in [-0.2, -0.15) is 0 Å². The molecule has 0 amide bonds. The first-order valence-electron chi connectivity index (χ1n) is 6.37. The molecular weight excluding hydrogens is 228 g/mol. The van der Waals surface area contributed by atoms with Gasteiger partial charge in [0.25, 0.3) is 0 Å². The van der Waals surface area contributed by atoms with Crippen molar-refractivity contribution in [2.24, 2.45) is 0 Å². The molecule has 18 heavy (non-hydrogen) atoms. The number of benzene rings is 1. The average molecular weight is 252 g/mol. The number of nitrogens with zero attached hydrogens (tertiary/aromatic N) is 1. The van der Waals surface area contributed by atoms with Gasteiger partial charge in [-0.25, -0.2) is 0 Å². The Hall–Kier alpha value is -1.26. The molecule has 0 aromatic heterocycles. The van der Waals surface area contributed by atoms with Crippen LogP contribution < -0.4 is 10.6 Å². The van der Waals surface area contributed by atoms with E-state index in [-0.39, 0.29) is 0 Å². The zero-order valence-corrected chi connectivity index (χ0v) is 11.6. The predicted molar refractivity (Wildman–Crippen MR) is 76.2 cm³/mol. The quantitative estimate of drug-likeness (QED) is 0.568. The van der Waals surface area contributed by atoms with Gasteiger partial charge in [0.2, 0.25) is 0 Å². The van der Waals surface area contributed by atoms with E-state index in [0.29, 0.717) is 19.8 Å². The highest BCUT2D eigenvalue weighted by atomic mass is 16.5. The second-order valence-electron chi connectivity index (χ2n) is 4.19. The van der Waals surface area contributed by atoms with E-state index in [4.69, 9.17) is 15.2 Å². The van der Waals surface area contributed by atoms with E-state index in [1.54, 1.807) is 7.11 Å². The Morgan fingerprint density at radius 1 is 1.22 bits per heavy atom. The van der Waals surface area contributed by atoms with E-state index in [1.165, 1.54) is 0 Å². The topological polar surface area (TPSA) is 47.7 Å². The van der Waals surface area contributed by atoms with E-state index in [2.05, 4.69) is 17.9 Å². The molecule has 0 aliphatic heterocycles. The van der Waals surface area contributed by atoms with E-state index >= 15 is 0 Å². The summed E-state index contributed by atoms with van der Waals surface area (Å²) < 4.78 is 10.4. The number of nitrogens with two attached hydrogens (primary N) is 1. The van der Waals surface area contributed by atoms with Gasteiger partial charge >= 0.3 is 0 Å². The Morgan fingerprint density at radius 3 is 2.67 bits per heavy atom. The summed E-state index contributed by atoms with van der Waals surface area (Å²) in [6, 6.07) is 6.12. The molecule has 1 rings (SSSR count). The van der Waals surface area contributed by atoms with Crippen molar-refractivity contribution in [1.82, 2.24) is 0 Å². The molecule has 4 heteroatoms. The molecule has 0 radical (unpaired) electrons. The summed E-state index contributed by atoms with van der Waals surface area (Å²) in [5.74, 6) is 0. The predicted octanol–water partition coefficient (Wildman–Crippen LogP) is 2.07. The summed E-state index contributed by atoms with van der Waals surface area (Å²) in [5, 5.41) is 0. The van der Waals surface area contributed by atoms with E-state index < -0.39 is 0 Å². The molecule has 0 aliphatic carbocycles. The SMILES string of the molecule is CCN(CCOCCOC)c1cccc(C)c1N. The number of hydrogen-bond acceptors (Lipinski definition) is 4. The number of anilines is 2. The zero-order valence-electron chi connectivity index (χ0n) is 11.6. The maximum absolute atomic E-state index is 6.11. The lowest BCUT2D eigenvalue weighted by Crippen LogP contribution is -2.28. The van der Waals surface area contributed by atoms with Gasteiger partial charge in [0.15, 0.2) is 0 Å². The number of ether oxygens (including phenoxy) is 2. The highest BCUT2D eigenvalue weighted by Crippen LogP contribution is 2.25. The highest BCUT2D eigenvalue weighted by molar-refractivity contribution is 5.70. The molecule has 1 aromatic rings. The maximum Gasteiger partial charge on any atom is 0.0701 e. The van der Waals surface area contributed by atoms with Crippen LogP contribution in [0.5, 0.6) is 0 Å². The van der Waals surface area contributed by atoms with Crippen LogP contribution >= 0.6 is 0 Å². The first kappa shape index (κ1) is 14.8. The Morgan fingerprint density at radius 2 is 2.00 bits per heavy atom. The second kappa shape index (κ2) is 7.95. The lowest BCUT2D eigenvalue weighted by Gasteiger charge is -2.25. The average Bonchev–Trinajstić information content (AvgIpc) is 2.38. The van der Waals surface area contributed by atoms with Crippen molar-refractivity contribution in [2.75, 3.05) is 50.7 Å². The Bertz CT molecular complexity index is 356. The molecule has 0 saturated heterocycles. The van der Waals surface area contributed by atoms with Gasteiger partial charge in [-0.3, -0.25) is 0 Å². The van der Waals surface area contributed by atoms with Gasteiger partial charge in [-0.1, -0.05) is 12.1 Å². The van der Waals surface area contributed by atoms with Crippen LogP contribution in [0.3, 0.4) is 0 Å². The fraction of sp³-hybridized carbons (Fsp3) is 0.571. The number of para-hydroxylation sites is 1. The molecule has 102 valence electrons. The first-order chi connectivity index (χ1) is 8.70. The molecule has 0 bridgehead atoms. The molecule has 0 fully saturated rings. The van der Waals surface area contributed by atoms with Crippen LogP contribution in [0.15, 0.2) is 18.2 Å². The Labute approximate surface area is 110 Å². The zero-order chi connectivity index (χ0) is 13.4. The van der Waals surface area contributed by atoms with Crippen LogP contribution in [0.2, 0.25) is 0 Å². The second-order valence-corrected chi connectivity index (χ2v) is 4.19. The monoisotopic (exact) mass is 252 g/mol. The normalized spacial score (nSPS) is 10.6. The largest absolute Gasteiger partial charge is 0.397 e. The Balaban J connectivity index is 2.52. The molecule has 0 saturated carbocycles. The Kier molecular flexibility index (Phi) is 6.54. The number of likely N-dealkylation sites (N-methyl/N-ethyl adjacent to an activating group) is 1. The standard InChI is InChI=1S/C14H24N2O2/c1-4-16(8-9-18-11-10-17-3)13-7-5-6-12(2)14(13)15/h5-7H,4,8-11,15H2,1-3H3. The number of hydrogen-bond donors (Lipinski definition) is 1. The van der Waals surface area contributed by atoms with E-state index in [1.807, 2.05) is 19.1 Å². The van der Waals surface area contributed by atoms with Gasteiger partial charge in [0, 0.05) is 20.2 Å². The van der Waals surface area contributed by atoms with Crippen molar-refractivity contribution in [3.05, 3.63) is 23.8 Å². The lowest BCUT2D eigenvalue weighted by molar-refractivity contribution is 0.0741. The summed E-state index contributed by atoms with van der Waals surface area (Å²) in [7, 11) is 1.68. The third-order valence-corrected chi connectivity index (χ3v) is 2.96. The minimum absolute atomic E-state index is 0.636. The lowest BCUT2D eigenvalue weighted by atomic mass is 10.1. The van der Waals surface area contributed by atoms with Crippen LogP contribution in [0, 0.1) is 6.92 Å². The van der Waals surface area contributed by atoms with Gasteiger partial charge in [-0.15, -0.1) is 0 Å². The minimum atomic E-state index is 0.636. The van der Waals surface area contributed by atoms with Crippen molar-refractivity contribution in [1.29, 1.82) is 0 Å². The highest BCUT2D eigenvalue weighted by Gasteiger charge is 2.08. The molecule has 0 aliphatic rings. The molecule has 0 atom stereocenters. The molecular formula is C14H24N2O2. The van der Waals surface area contributed by atoms with Crippen LogP contribution in [-0.4, -0.2) is 40.0 Å². The summed E-state index contributed by atoms with van der Waals surface area (Å²) >= 11 is 0. The number of aryl methyl sites for hydroxylation is 1. The van der Waals surface area contributed by atoms with E-state index in [9.17, 15) is 0 Å². The molecule has 2 N–H and O–H groups in total. The molecule has 1 aromatic carbocycles. The van der Waals surface area contributed by atoms with Gasteiger partial charge < -0.3 is 20.1 Å². The molecule has 0 heterocycles. The van der Waals surface area contributed by atoms with Crippen molar-refractivity contribution >= 4 is 11.4 Å². The number of methoxy groups -OCH3 is 1. The summed E-state index contributed by atoms with van der Waals surface area (Å²) in [6.45, 7) is 7.87. The van der Waals surface area contributed by atoms with Crippen molar-refractivity contribution in [3.63, 3.8) is 0 Å². The summed E-state index contributed by atoms with van der Waals surface area (Å²) in [5.41, 5.74) is 9.17. The van der Waals surface area contributed by atoms with Gasteiger partial charge in [0.1, 0.15) is 0 Å². The summed E-state index contributed by atoms with van der Waals surface area (Å²) in [6.07, 6.45) is 0. The minimum Gasteiger partial charge on any atom is -0.397 e. The van der Waals surface area contributed by atoms with Gasteiger partial charge in [0.05, 0.1) is 31.2 Å². The molecule has 4 nitrogen and oxygen atoms in total. The first-order valence-corrected chi connectivity index (χ1v) is 6.37. The fourth-order valence-electron chi connectivity index (χ4n) is 1.81. The molecule has 0 spiro atoms. The van der Waals surface area contributed by atoms with Crippen LogP contribution in [-0.2, 0) is 9.47 Å². The van der Waals surface area contributed by atoms with E-state index in [0.717, 1.165) is 30.0 Å². The smallest absolute Gasteiger partial charge is 0.0701 e. The third kappa shape index (κ3) is 4.20. The van der Waals surface area contributed by atoms with Gasteiger partial charge in [-0.05, 0) is 25.5 Å². The molecule has 0 unspecified atom stereocenters. The maximum atomic E-state index is 6.11. The number of rotatable bonds is 8. The van der Waals surface area contributed by atoms with Crippen molar-refractivity contribution < 1.29 is 9.47 Å². The van der Waals surface area contributed by atoms with Crippen LogP contribution in [0.25, 0.3) is 0 Å². The van der Waals surface area contributed by atoms with Crippen molar-refractivity contribution in [2.45, 2.75) is 13.8 Å². The van der Waals surface area contributed by atoms with Crippen LogP contribution in [0.1, 0.15) is 12.5 Å². The van der Waals surface area contributed by atoms with Crippen molar-refractivity contribution in [3.8, 4) is 0 Å². The summed E-state index contributed by atoms with van der Waals surface area (Å²) in [4.78, 5) is 2.23.